The smallest absolute Gasteiger partial charge is 0.227 e. The van der Waals surface area contributed by atoms with Gasteiger partial charge in [0.2, 0.25) is 5.71 Å². The molecule has 0 saturated heterocycles. The highest BCUT2D eigenvalue weighted by Gasteiger charge is 2.23. The van der Waals surface area contributed by atoms with Gasteiger partial charge in [0, 0.05) is 28.1 Å². The van der Waals surface area contributed by atoms with Crippen LogP contribution < -0.4 is 0 Å². The number of benzene rings is 2. The van der Waals surface area contributed by atoms with Crippen LogP contribution in [0.15, 0.2) is 65.2 Å². The lowest BCUT2D eigenvalue weighted by Crippen LogP contribution is -2.15. The number of pyridine rings is 2. The van der Waals surface area contributed by atoms with Gasteiger partial charge < -0.3 is 4.42 Å². The Morgan fingerprint density at radius 2 is 1.40 bits per heavy atom. The fourth-order valence-electron chi connectivity index (χ4n) is 5.77. The van der Waals surface area contributed by atoms with E-state index in [4.69, 9.17) is 14.4 Å². The van der Waals surface area contributed by atoms with Crippen LogP contribution in [0.1, 0.15) is 55.9 Å². The van der Waals surface area contributed by atoms with E-state index in [2.05, 4.69) is 103 Å². The normalized spacial score (nSPS) is 12.1. The van der Waals surface area contributed by atoms with Crippen molar-refractivity contribution in [1.82, 2.24) is 9.97 Å². The first-order valence-corrected chi connectivity index (χ1v) is 12.6. The van der Waals surface area contributed by atoms with E-state index < -0.39 is 0 Å². The molecule has 3 heterocycles. The number of rotatable bonds is 5. The number of nitrogens with zero attached hydrogens (tertiary/aromatic N) is 2. The minimum absolute atomic E-state index is 0.480. The van der Waals surface area contributed by atoms with Gasteiger partial charge in [-0.25, -0.2) is 4.98 Å². The maximum Gasteiger partial charge on any atom is 0.227 e. The van der Waals surface area contributed by atoms with Gasteiger partial charge in [0.1, 0.15) is 5.58 Å². The second kappa shape index (κ2) is 8.96. The highest BCUT2D eigenvalue weighted by atomic mass is 16.3. The molecule has 3 heteroatoms. The first-order valence-electron chi connectivity index (χ1n) is 12.6. The number of fused-ring (bicyclic) bond motifs is 3. The van der Waals surface area contributed by atoms with E-state index in [1.165, 1.54) is 27.8 Å². The van der Waals surface area contributed by atoms with Crippen LogP contribution in [0, 0.1) is 32.6 Å². The molecule has 0 fully saturated rings. The van der Waals surface area contributed by atoms with Gasteiger partial charge >= 0.3 is 0 Å². The average Bonchev–Trinajstić information content (AvgIpc) is 3.18. The molecule has 0 saturated carbocycles. The van der Waals surface area contributed by atoms with E-state index in [9.17, 15) is 0 Å². The summed E-state index contributed by atoms with van der Waals surface area (Å²) in [7, 11) is 0. The van der Waals surface area contributed by atoms with Crippen molar-refractivity contribution < 1.29 is 4.42 Å². The molecular weight excluding hydrogens is 428 g/mol. The molecule has 0 atom stereocenters. The summed E-state index contributed by atoms with van der Waals surface area (Å²) in [6.07, 6.45) is 2.02. The molecule has 0 N–H and O–H groups in total. The van der Waals surface area contributed by atoms with Crippen LogP contribution in [0.5, 0.6) is 0 Å². The molecule has 5 rings (SSSR count). The summed E-state index contributed by atoms with van der Waals surface area (Å²) in [6.45, 7) is 15.7. The van der Waals surface area contributed by atoms with Gasteiger partial charge in [-0.3, -0.25) is 4.98 Å². The molecule has 0 aliphatic rings. The van der Waals surface area contributed by atoms with Crippen LogP contribution in [0.25, 0.3) is 44.6 Å². The Balaban J connectivity index is 1.68. The summed E-state index contributed by atoms with van der Waals surface area (Å²) in [5.74, 6) is 1.59. The third-order valence-corrected chi connectivity index (χ3v) is 7.32. The largest absolute Gasteiger partial charge is 0.437 e. The van der Waals surface area contributed by atoms with Crippen LogP contribution >= 0.6 is 0 Å². The zero-order valence-corrected chi connectivity index (χ0v) is 21.8. The molecule has 0 aliphatic carbocycles. The first kappa shape index (κ1) is 23.3. The fourth-order valence-corrected chi connectivity index (χ4v) is 5.77. The van der Waals surface area contributed by atoms with Crippen molar-refractivity contribution in [3.8, 4) is 22.5 Å². The van der Waals surface area contributed by atoms with Crippen molar-refractivity contribution in [1.29, 1.82) is 0 Å². The van der Waals surface area contributed by atoms with Crippen molar-refractivity contribution >= 4 is 22.1 Å². The van der Waals surface area contributed by atoms with Crippen LogP contribution in [0.4, 0.5) is 0 Å². The number of aryl methyl sites for hydroxylation is 3. The van der Waals surface area contributed by atoms with Crippen LogP contribution in [-0.4, -0.2) is 9.97 Å². The zero-order chi connectivity index (χ0) is 24.9. The van der Waals surface area contributed by atoms with Crippen molar-refractivity contribution in [2.24, 2.45) is 11.8 Å². The van der Waals surface area contributed by atoms with Crippen molar-refractivity contribution in [2.75, 3.05) is 0 Å². The minimum Gasteiger partial charge on any atom is -0.437 e. The van der Waals surface area contributed by atoms with Gasteiger partial charge in [0.15, 0.2) is 0 Å². The number of hydrogen-bond donors (Lipinski definition) is 0. The van der Waals surface area contributed by atoms with E-state index in [1.807, 2.05) is 6.20 Å². The zero-order valence-electron chi connectivity index (χ0n) is 21.8. The maximum absolute atomic E-state index is 6.45. The molecule has 0 amide bonds. The first-order chi connectivity index (χ1) is 16.8. The Kier molecular flexibility index (Phi) is 5.96. The topological polar surface area (TPSA) is 38.9 Å². The molecule has 35 heavy (non-hydrogen) atoms. The van der Waals surface area contributed by atoms with Gasteiger partial charge in [-0.2, -0.15) is 0 Å². The van der Waals surface area contributed by atoms with E-state index in [0.29, 0.717) is 23.5 Å². The highest BCUT2D eigenvalue weighted by molar-refractivity contribution is 6.08. The summed E-state index contributed by atoms with van der Waals surface area (Å²) >= 11 is 0. The number of aromatic nitrogens is 2. The number of hydrogen-bond acceptors (Lipinski definition) is 3. The second-order valence-electron chi connectivity index (χ2n) is 10.5. The number of para-hydroxylation sites is 1. The van der Waals surface area contributed by atoms with E-state index >= 15 is 0 Å². The Hall–Kier alpha value is -3.46. The molecule has 0 unspecified atom stereocenters. The molecule has 0 radical (unpaired) electrons. The minimum atomic E-state index is 0.480. The monoisotopic (exact) mass is 462 g/mol. The summed E-state index contributed by atoms with van der Waals surface area (Å²) < 4.78 is 6.45. The lowest BCUT2D eigenvalue weighted by atomic mass is 9.78. The van der Waals surface area contributed by atoms with E-state index in [1.54, 1.807) is 0 Å². The van der Waals surface area contributed by atoms with Gasteiger partial charge in [-0.05, 0) is 85.0 Å². The Bertz CT molecular complexity index is 1510. The third kappa shape index (κ3) is 4.03. The molecule has 0 aliphatic heterocycles. The molecule has 5 aromatic rings. The van der Waals surface area contributed by atoms with Crippen molar-refractivity contribution in [2.45, 2.75) is 54.4 Å². The van der Waals surface area contributed by atoms with Gasteiger partial charge in [0.05, 0.1) is 11.4 Å². The lowest BCUT2D eigenvalue weighted by Gasteiger charge is -2.27. The number of furan rings is 1. The predicted molar refractivity (Wildman–Crippen MR) is 147 cm³/mol. The quantitative estimate of drug-likeness (QED) is 0.261. The summed E-state index contributed by atoms with van der Waals surface area (Å²) in [5, 5.41) is 2.11. The fraction of sp³-hybridized carbons (Fsp3) is 0.312. The Labute approximate surface area is 208 Å². The second-order valence-corrected chi connectivity index (χ2v) is 10.5. The summed E-state index contributed by atoms with van der Waals surface area (Å²) in [4.78, 5) is 9.80. The molecule has 0 spiro atoms. The Morgan fingerprint density at radius 3 is 2.09 bits per heavy atom. The van der Waals surface area contributed by atoms with Crippen LogP contribution in [0.3, 0.4) is 0 Å². The molecule has 3 nitrogen and oxygen atoms in total. The SMILES string of the molecule is Cc1cnc(-c2cccc3c2oc2nc(-c4c(C)cccc4C)ccc23)cc1C(C(C)C)C(C)C. The van der Waals surface area contributed by atoms with Gasteiger partial charge in [-0.15, -0.1) is 0 Å². The van der Waals surface area contributed by atoms with Crippen molar-refractivity contribution in [3.63, 3.8) is 0 Å². The highest BCUT2D eigenvalue weighted by Crippen LogP contribution is 2.39. The lowest BCUT2D eigenvalue weighted by molar-refractivity contribution is 0.386. The summed E-state index contributed by atoms with van der Waals surface area (Å²) in [6, 6.07) is 19.2. The molecule has 0 bridgehead atoms. The van der Waals surface area contributed by atoms with Crippen LogP contribution in [0.2, 0.25) is 0 Å². The van der Waals surface area contributed by atoms with Gasteiger partial charge in [0.25, 0.3) is 0 Å². The molecule has 3 aromatic heterocycles. The van der Waals surface area contributed by atoms with Crippen LogP contribution in [-0.2, 0) is 0 Å². The predicted octanol–water partition coefficient (Wildman–Crippen LogP) is 9.03. The molecule has 178 valence electrons. The van der Waals surface area contributed by atoms with E-state index in [0.717, 1.165) is 33.3 Å². The van der Waals surface area contributed by atoms with E-state index in [-0.39, 0.29) is 0 Å². The average molecular weight is 463 g/mol. The Morgan fingerprint density at radius 1 is 0.714 bits per heavy atom. The maximum atomic E-state index is 6.45. The van der Waals surface area contributed by atoms with Crippen molar-refractivity contribution in [3.05, 3.63) is 83.0 Å². The van der Waals surface area contributed by atoms with Gasteiger partial charge in [-0.1, -0.05) is 58.0 Å². The summed E-state index contributed by atoms with van der Waals surface area (Å²) in [5.41, 5.74) is 10.7. The standard InChI is InChI=1S/C32H34N2O/c1-18(2)29(19(3)4)26-16-28(33-17-22(26)7)25-13-9-12-23-24-14-15-27(34-32(24)35-31(23)25)30-20(5)10-8-11-21(30)6/h8-19,29H,1-7H3. The third-order valence-electron chi connectivity index (χ3n) is 7.32. The molecule has 2 aromatic carbocycles. The molecular formula is C32H34N2O.